The lowest BCUT2D eigenvalue weighted by atomic mass is 9.44. The number of fused-ring (bicyclic) bond motifs is 5. The molecule has 0 aromatic heterocycles. The Balaban J connectivity index is 1.59. The third kappa shape index (κ3) is 2.67. The van der Waals surface area contributed by atoms with Crippen molar-refractivity contribution >= 4 is 0 Å². The maximum atomic E-state index is 10.2. The lowest BCUT2D eigenvalue weighted by Gasteiger charge is -2.61. The smallest absolute Gasteiger partial charge is 0.0543 e. The minimum Gasteiger partial charge on any atom is -0.393 e. The van der Waals surface area contributed by atoms with Crippen LogP contribution in [-0.4, -0.2) is 11.2 Å². The first-order chi connectivity index (χ1) is 11.9. The van der Waals surface area contributed by atoms with E-state index >= 15 is 0 Å². The number of allylic oxidation sites excluding steroid dienone is 2. The molecule has 0 spiro atoms. The predicted molar refractivity (Wildman–Crippen MR) is 105 cm³/mol. The third-order valence-electron chi connectivity index (χ3n) is 9.71. The molecule has 0 saturated heterocycles. The van der Waals surface area contributed by atoms with Crippen molar-refractivity contribution in [1.29, 1.82) is 0 Å². The van der Waals surface area contributed by atoms with E-state index in [0.29, 0.717) is 10.8 Å². The summed E-state index contributed by atoms with van der Waals surface area (Å²) in [6, 6.07) is 0. The third-order valence-corrected chi connectivity index (χ3v) is 9.71. The van der Waals surface area contributed by atoms with Gasteiger partial charge in [-0.2, -0.15) is 0 Å². The van der Waals surface area contributed by atoms with Gasteiger partial charge in [0.05, 0.1) is 6.10 Å². The van der Waals surface area contributed by atoms with Gasteiger partial charge in [-0.1, -0.05) is 32.4 Å². The zero-order valence-electron chi connectivity index (χ0n) is 17.1. The SMILES string of the molecule is CC/C=C(\C)[C@H]1CCC2C3CCC4C[C@@H](O)CC[C@]4(C)C3CC[C@@]21C. The van der Waals surface area contributed by atoms with Crippen molar-refractivity contribution < 1.29 is 5.11 Å². The quantitative estimate of drug-likeness (QED) is 0.578. The first-order valence-corrected chi connectivity index (χ1v) is 11.2. The molecule has 4 unspecified atom stereocenters. The fourth-order valence-electron chi connectivity index (χ4n) is 8.45. The molecule has 25 heavy (non-hydrogen) atoms. The van der Waals surface area contributed by atoms with Crippen LogP contribution in [-0.2, 0) is 0 Å². The molecule has 0 aromatic rings. The molecule has 4 aliphatic carbocycles. The molecule has 0 radical (unpaired) electrons. The molecule has 1 heteroatoms. The molecule has 4 aliphatic rings. The van der Waals surface area contributed by atoms with Crippen LogP contribution in [0.25, 0.3) is 0 Å². The van der Waals surface area contributed by atoms with Crippen molar-refractivity contribution in [3.8, 4) is 0 Å². The molecular formula is C24H40O. The lowest BCUT2D eigenvalue weighted by Crippen LogP contribution is -2.53. The minimum atomic E-state index is -0.0128. The first-order valence-electron chi connectivity index (χ1n) is 11.2. The van der Waals surface area contributed by atoms with E-state index in [1.54, 1.807) is 5.57 Å². The number of rotatable bonds is 2. The Morgan fingerprint density at radius 3 is 2.44 bits per heavy atom. The van der Waals surface area contributed by atoms with Crippen LogP contribution in [0.2, 0.25) is 0 Å². The van der Waals surface area contributed by atoms with Crippen LogP contribution in [0, 0.1) is 40.4 Å². The molecule has 0 aliphatic heterocycles. The number of aliphatic hydroxyl groups excluding tert-OH is 1. The Hall–Kier alpha value is -0.300. The van der Waals surface area contributed by atoms with Gasteiger partial charge in [-0.3, -0.25) is 0 Å². The first kappa shape index (κ1) is 18.1. The molecule has 0 bridgehead atoms. The van der Waals surface area contributed by atoms with Crippen LogP contribution in [0.3, 0.4) is 0 Å². The highest BCUT2D eigenvalue weighted by Crippen LogP contribution is 2.68. The van der Waals surface area contributed by atoms with Crippen molar-refractivity contribution in [3.05, 3.63) is 11.6 Å². The largest absolute Gasteiger partial charge is 0.393 e. The van der Waals surface area contributed by atoms with Gasteiger partial charge in [0, 0.05) is 0 Å². The molecule has 1 N–H and O–H groups in total. The average molecular weight is 345 g/mol. The number of hydrogen-bond donors (Lipinski definition) is 1. The van der Waals surface area contributed by atoms with Gasteiger partial charge in [-0.25, -0.2) is 0 Å². The summed E-state index contributed by atoms with van der Waals surface area (Å²) in [5.74, 6) is 4.50. The molecule has 8 atom stereocenters. The zero-order valence-corrected chi connectivity index (χ0v) is 17.1. The maximum Gasteiger partial charge on any atom is 0.0543 e. The Labute approximate surface area is 155 Å². The van der Waals surface area contributed by atoms with Gasteiger partial charge in [0.2, 0.25) is 0 Å². The van der Waals surface area contributed by atoms with E-state index in [4.69, 9.17) is 0 Å². The summed E-state index contributed by atoms with van der Waals surface area (Å²) < 4.78 is 0. The Morgan fingerprint density at radius 2 is 1.68 bits per heavy atom. The highest BCUT2D eigenvalue weighted by molar-refractivity contribution is 5.17. The highest BCUT2D eigenvalue weighted by Gasteiger charge is 2.60. The standard InChI is InChI=1S/C24H40O/c1-5-6-16(2)20-9-10-21-19-8-7-17-15-18(25)11-13-23(17,3)22(19)12-14-24(20,21)4/h6,17-22,25H,5,7-15H2,1-4H3/b16-6+/t17?,18-,19?,20+,21?,22?,23-,24+/m0/s1. The lowest BCUT2D eigenvalue weighted by molar-refractivity contribution is -0.124. The Bertz CT molecular complexity index is 536. The monoisotopic (exact) mass is 344 g/mol. The summed E-state index contributed by atoms with van der Waals surface area (Å²) in [4.78, 5) is 0. The molecule has 0 heterocycles. The summed E-state index contributed by atoms with van der Waals surface area (Å²) in [5, 5.41) is 10.2. The topological polar surface area (TPSA) is 20.2 Å². The van der Waals surface area contributed by atoms with Gasteiger partial charge in [0.1, 0.15) is 0 Å². The number of hydrogen-bond acceptors (Lipinski definition) is 1. The summed E-state index contributed by atoms with van der Waals surface area (Å²) in [5.41, 5.74) is 2.77. The van der Waals surface area contributed by atoms with E-state index in [1.807, 2.05) is 0 Å². The van der Waals surface area contributed by atoms with Crippen LogP contribution in [0.4, 0.5) is 0 Å². The van der Waals surface area contributed by atoms with E-state index in [9.17, 15) is 5.11 Å². The van der Waals surface area contributed by atoms with Gasteiger partial charge in [0.15, 0.2) is 0 Å². The van der Waals surface area contributed by atoms with Crippen LogP contribution in [0.15, 0.2) is 11.6 Å². The average Bonchev–Trinajstić information content (AvgIpc) is 2.93. The van der Waals surface area contributed by atoms with E-state index < -0.39 is 0 Å². The number of aliphatic hydroxyl groups is 1. The van der Waals surface area contributed by atoms with Gasteiger partial charge in [0.25, 0.3) is 0 Å². The minimum absolute atomic E-state index is 0.0128. The molecule has 0 amide bonds. The molecule has 0 aromatic carbocycles. The van der Waals surface area contributed by atoms with Crippen LogP contribution < -0.4 is 0 Å². The Morgan fingerprint density at radius 1 is 0.960 bits per heavy atom. The maximum absolute atomic E-state index is 10.2. The van der Waals surface area contributed by atoms with E-state index in [2.05, 4.69) is 33.8 Å². The second-order valence-corrected chi connectivity index (χ2v) is 10.6. The van der Waals surface area contributed by atoms with Gasteiger partial charge in [-0.05, 0) is 112 Å². The summed E-state index contributed by atoms with van der Waals surface area (Å²) in [6.45, 7) is 9.96. The molecular weight excluding hydrogens is 304 g/mol. The fraction of sp³-hybridized carbons (Fsp3) is 0.917. The molecule has 4 fully saturated rings. The summed E-state index contributed by atoms with van der Waals surface area (Å²) >= 11 is 0. The molecule has 4 saturated carbocycles. The van der Waals surface area contributed by atoms with Crippen LogP contribution >= 0.6 is 0 Å². The van der Waals surface area contributed by atoms with Crippen molar-refractivity contribution in [1.82, 2.24) is 0 Å². The van der Waals surface area contributed by atoms with Gasteiger partial charge < -0.3 is 5.11 Å². The normalized spacial score (nSPS) is 53.1. The Kier molecular flexibility index (Phi) is 4.63. The van der Waals surface area contributed by atoms with E-state index in [0.717, 1.165) is 42.4 Å². The molecule has 142 valence electrons. The molecule has 4 rings (SSSR count). The van der Waals surface area contributed by atoms with E-state index in [1.165, 1.54) is 51.4 Å². The summed E-state index contributed by atoms with van der Waals surface area (Å²) in [6.07, 6.45) is 15.7. The second kappa shape index (κ2) is 6.39. The van der Waals surface area contributed by atoms with Crippen molar-refractivity contribution in [2.45, 2.75) is 98.0 Å². The van der Waals surface area contributed by atoms with Gasteiger partial charge in [-0.15, -0.1) is 0 Å². The fourth-order valence-corrected chi connectivity index (χ4v) is 8.45. The summed E-state index contributed by atoms with van der Waals surface area (Å²) in [7, 11) is 0. The van der Waals surface area contributed by atoms with Crippen molar-refractivity contribution in [2.24, 2.45) is 40.4 Å². The predicted octanol–water partition coefficient (Wildman–Crippen LogP) is 6.36. The molecule has 1 nitrogen and oxygen atoms in total. The highest BCUT2D eigenvalue weighted by atomic mass is 16.3. The van der Waals surface area contributed by atoms with Crippen LogP contribution in [0.5, 0.6) is 0 Å². The van der Waals surface area contributed by atoms with Crippen molar-refractivity contribution in [2.75, 3.05) is 0 Å². The van der Waals surface area contributed by atoms with E-state index in [-0.39, 0.29) is 6.10 Å². The van der Waals surface area contributed by atoms with Crippen LogP contribution in [0.1, 0.15) is 91.9 Å². The van der Waals surface area contributed by atoms with Gasteiger partial charge >= 0.3 is 0 Å². The zero-order chi connectivity index (χ0) is 17.8. The van der Waals surface area contributed by atoms with Crippen molar-refractivity contribution in [3.63, 3.8) is 0 Å². The second-order valence-electron chi connectivity index (χ2n) is 10.6.